The summed E-state index contributed by atoms with van der Waals surface area (Å²) in [5.41, 5.74) is -0.295. The SMILES string of the molecule is CC(C)(C(=O)N1CCN(S(=O)(=O)c2ccccc2[N+](=O)[O-])CC1)c1ccccc1. The summed E-state index contributed by atoms with van der Waals surface area (Å²) in [5.74, 6) is -0.0774. The van der Waals surface area contributed by atoms with Crippen molar-refractivity contribution in [2.45, 2.75) is 24.2 Å². The Morgan fingerprint density at radius 3 is 2.10 bits per heavy atom. The molecule has 0 unspecified atom stereocenters. The molecular formula is C20H23N3O5S. The van der Waals surface area contributed by atoms with Gasteiger partial charge in [0, 0.05) is 32.2 Å². The van der Waals surface area contributed by atoms with Gasteiger partial charge >= 0.3 is 0 Å². The molecule has 9 heteroatoms. The topological polar surface area (TPSA) is 101 Å². The van der Waals surface area contributed by atoms with Gasteiger partial charge in [-0.2, -0.15) is 4.31 Å². The van der Waals surface area contributed by atoms with Crippen molar-refractivity contribution in [1.82, 2.24) is 9.21 Å². The monoisotopic (exact) mass is 417 g/mol. The second-order valence-corrected chi connectivity index (χ2v) is 9.32. The normalized spacial score (nSPS) is 15.9. The Labute approximate surface area is 169 Å². The lowest BCUT2D eigenvalue weighted by Gasteiger charge is -2.38. The van der Waals surface area contributed by atoms with Crippen molar-refractivity contribution < 1.29 is 18.1 Å². The van der Waals surface area contributed by atoms with E-state index in [-0.39, 0.29) is 37.0 Å². The molecule has 1 aliphatic heterocycles. The largest absolute Gasteiger partial charge is 0.339 e. The zero-order valence-electron chi connectivity index (χ0n) is 16.3. The Morgan fingerprint density at radius 1 is 0.966 bits per heavy atom. The van der Waals surface area contributed by atoms with Crippen LogP contribution in [0.25, 0.3) is 0 Å². The van der Waals surface area contributed by atoms with E-state index in [0.717, 1.165) is 5.56 Å². The van der Waals surface area contributed by atoms with Gasteiger partial charge in [0.15, 0.2) is 4.90 Å². The van der Waals surface area contributed by atoms with E-state index in [2.05, 4.69) is 0 Å². The molecule has 1 aliphatic rings. The van der Waals surface area contributed by atoms with Gasteiger partial charge in [-0.1, -0.05) is 42.5 Å². The van der Waals surface area contributed by atoms with Crippen LogP contribution in [-0.4, -0.2) is 54.6 Å². The van der Waals surface area contributed by atoms with E-state index in [0.29, 0.717) is 0 Å². The molecule has 0 atom stereocenters. The highest BCUT2D eigenvalue weighted by molar-refractivity contribution is 7.89. The molecule has 0 N–H and O–H groups in total. The lowest BCUT2D eigenvalue weighted by atomic mass is 9.83. The quantitative estimate of drug-likeness (QED) is 0.549. The fraction of sp³-hybridized carbons (Fsp3) is 0.350. The number of amides is 1. The number of carbonyl (C=O) groups excluding carboxylic acids is 1. The molecule has 1 amide bonds. The van der Waals surface area contributed by atoms with Crippen LogP contribution in [0.15, 0.2) is 59.5 Å². The number of rotatable bonds is 5. The zero-order chi connectivity index (χ0) is 21.2. The molecule has 8 nitrogen and oxygen atoms in total. The highest BCUT2D eigenvalue weighted by Crippen LogP contribution is 2.29. The first-order chi connectivity index (χ1) is 13.7. The van der Waals surface area contributed by atoms with Crippen LogP contribution >= 0.6 is 0 Å². The molecular weight excluding hydrogens is 394 g/mol. The number of hydrogen-bond donors (Lipinski definition) is 0. The summed E-state index contributed by atoms with van der Waals surface area (Å²) < 4.78 is 27.1. The highest BCUT2D eigenvalue weighted by Gasteiger charge is 2.38. The van der Waals surface area contributed by atoms with Crippen LogP contribution in [0, 0.1) is 10.1 Å². The van der Waals surface area contributed by atoms with E-state index in [1.54, 1.807) is 4.90 Å². The van der Waals surface area contributed by atoms with Gasteiger partial charge in [-0.25, -0.2) is 8.42 Å². The number of nitrogens with zero attached hydrogens (tertiary/aromatic N) is 3. The van der Waals surface area contributed by atoms with Gasteiger partial charge in [0.25, 0.3) is 5.69 Å². The van der Waals surface area contributed by atoms with E-state index >= 15 is 0 Å². The number of benzene rings is 2. The Balaban J connectivity index is 1.75. The summed E-state index contributed by atoms with van der Waals surface area (Å²) in [4.78, 5) is 24.9. The van der Waals surface area contributed by atoms with Crippen LogP contribution in [0.3, 0.4) is 0 Å². The van der Waals surface area contributed by atoms with Crippen molar-refractivity contribution in [3.63, 3.8) is 0 Å². The van der Waals surface area contributed by atoms with E-state index in [9.17, 15) is 23.3 Å². The Morgan fingerprint density at radius 2 is 1.52 bits per heavy atom. The Bertz CT molecular complexity index is 1010. The lowest BCUT2D eigenvalue weighted by molar-refractivity contribution is -0.387. The summed E-state index contributed by atoms with van der Waals surface area (Å²) in [7, 11) is -4.02. The lowest BCUT2D eigenvalue weighted by Crippen LogP contribution is -2.54. The maximum Gasteiger partial charge on any atom is 0.289 e. The van der Waals surface area contributed by atoms with Crippen LogP contribution in [0.5, 0.6) is 0 Å². The van der Waals surface area contributed by atoms with Crippen LogP contribution in [0.1, 0.15) is 19.4 Å². The molecule has 0 radical (unpaired) electrons. The molecule has 2 aromatic rings. The van der Waals surface area contributed by atoms with Gasteiger partial charge in [-0.3, -0.25) is 14.9 Å². The van der Waals surface area contributed by atoms with E-state index in [1.807, 2.05) is 44.2 Å². The maximum absolute atomic E-state index is 13.1. The minimum atomic E-state index is -4.02. The molecule has 29 heavy (non-hydrogen) atoms. The molecule has 0 saturated carbocycles. The summed E-state index contributed by atoms with van der Waals surface area (Å²) >= 11 is 0. The van der Waals surface area contributed by atoms with Gasteiger partial charge in [0.05, 0.1) is 10.3 Å². The van der Waals surface area contributed by atoms with Crippen molar-refractivity contribution in [1.29, 1.82) is 0 Å². The third kappa shape index (κ3) is 4.01. The van der Waals surface area contributed by atoms with Gasteiger partial charge in [0.1, 0.15) is 0 Å². The molecule has 1 saturated heterocycles. The smallest absolute Gasteiger partial charge is 0.289 e. The van der Waals surface area contributed by atoms with Crippen LogP contribution in [0.4, 0.5) is 5.69 Å². The third-order valence-electron chi connectivity index (χ3n) is 5.24. The molecule has 0 aromatic heterocycles. The molecule has 1 heterocycles. The molecule has 1 fully saturated rings. The predicted octanol–water partition coefficient (Wildman–Crippen LogP) is 2.41. The first kappa shape index (κ1) is 20.9. The first-order valence-corrected chi connectivity index (χ1v) is 10.7. The minimum Gasteiger partial charge on any atom is -0.339 e. The molecule has 0 aliphatic carbocycles. The second-order valence-electron chi connectivity index (χ2n) is 7.41. The number of carbonyl (C=O) groups is 1. The predicted molar refractivity (Wildman–Crippen MR) is 108 cm³/mol. The van der Waals surface area contributed by atoms with Crippen LogP contribution < -0.4 is 0 Å². The average molecular weight is 417 g/mol. The Kier molecular flexibility index (Phi) is 5.72. The summed E-state index contributed by atoms with van der Waals surface area (Å²) in [6.07, 6.45) is 0. The van der Waals surface area contributed by atoms with Gasteiger partial charge in [-0.15, -0.1) is 0 Å². The van der Waals surface area contributed by atoms with Crippen molar-refractivity contribution in [3.05, 3.63) is 70.3 Å². The first-order valence-electron chi connectivity index (χ1n) is 9.24. The average Bonchev–Trinajstić information content (AvgIpc) is 2.74. The zero-order valence-corrected chi connectivity index (χ0v) is 17.1. The summed E-state index contributed by atoms with van der Waals surface area (Å²) in [6, 6.07) is 14.7. The van der Waals surface area contributed by atoms with Crippen LogP contribution in [0.2, 0.25) is 0 Å². The van der Waals surface area contributed by atoms with E-state index < -0.39 is 26.0 Å². The van der Waals surface area contributed by atoms with Crippen molar-refractivity contribution in [2.75, 3.05) is 26.2 Å². The van der Waals surface area contributed by atoms with Crippen LogP contribution in [-0.2, 0) is 20.2 Å². The van der Waals surface area contributed by atoms with Gasteiger partial charge in [0.2, 0.25) is 15.9 Å². The summed E-state index contributed by atoms with van der Waals surface area (Å²) in [5, 5.41) is 11.2. The summed E-state index contributed by atoms with van der Waals surface area (Å²) in [6.45, 7) is 4.34. The van der Waals surface area contributed by atoms with E-state index in [4.69, 9.17) is 0 Å². The van der Waals surface area contributed by atoms with E-state index in [1.165, 1.54) is 28.6 Å². The molecule has 0 bridgehead atoms. The maximum atomic E-state index is 13.1. The number of para-hydroxylation sites is 1. The number of hydrogen-bond acceptors (Lipinski definition) is 5. The molecule has 0 spiro atoms. The minimum absolute atomic E-state index is 0.0774. The Hall–Kier alpha value is -2.78. The van der Waals surface area contributed by atoms with Gasteiger partial charge in [-0.05, 0) is 25.5 Å². The van der Waals surface area contributed by atoms with Crippen molar-refractivity contribution in [2.24, 2.45) is 0 Å². The fourth-order valence-electron chi connectivity index (χ4n) is 3.47. The number of piperazine rings is 1. The fourth-order valence-corrected chi connectivity index (χ4v) is 5.05. The van der Waals surface area contributed by atoms with Gasteiger partial charge < -0.3 is 4.90 Å². The van der Waals surface area contributed by atoms with Crippen molar-refractivity contribution in [3.8, 4) is 0 Å². The number of sulfonamides is 1. The molecule has 154 valence electrons. The second kappa shape index (κ2) is 7.92. The highest BCUT2D eigenvalue weighted by atomic mass is 32.2. The number of nitro benzene ring substituents is 1. The third-order valence-corrected chi connectivity index (χ3v) is 7.18. The van der Waals surface area contributed by atoms with Crippen molar-refractivity contribution >= 4 is 21.6 Å². The number of nitro groups is 1. The standard InChI is InChI=1S/C20H23N3O5S/c1-20(2,16-8-4-3-5-9-16)19(24)21-12-14-22(15-13-21)29(27,28)18-11-7-6-10-17(18)23(25)26/h3-11H,12-15H2,1-2H3. The molecule has 2 aromatic carbocycles. The molecule has 3 rings (SSSR count).